The molecule has 0 spiro atoms. The van der Waals surface area contributed by atoms with Crippen molar-refractivity contribution < 1.29 is 4.79 Å². The summed E-state index contributed by atoms with van der Waals surface area (Å²) in [5, 5.41) is 3.19. The van der Waals surface area contributed by atoms with E-state index in [-0.39, 0.29) is 11.9 Å². The molecule has 1 unspecified atom stereocenters. The van der Waals surface area contributed by atoms with E-state index in [1.807, 2.05) is 25.1 Å². The van der Waals surface area contributed by atoms with Crippen molar-refractivity contribution >= 4 is 11.6 Å². The number of nitrogens with two attached hydrogens (primary N) is 1. The third kappa shape index (κ3) is 4.46. The van der Waals surface area contributed by atoms with Crippen LogP contribution in [0.5, 0.6) is 0 Å². The van der Waals surface area contributed by atoms with Crippen molar-refractivity contribution in [1.29, 1.82) is 0 Å². The van der Waals surface area contributed by atoms with Gasteiger partial charge < -0.3 is 11.1 Å². The number of hydrogen-bond donors (Lipinski definition) is 2. The number of benzene rings is 1. The fourth-order valence-electron chi connectivity index (χ4n) is 3.01. The molecular formula is C17H27N3O. The van der Waals surface area contributed by atoms with Crippen molar-refractivity contribution in [3.63, 3.8) is 0 Å². The lowest BCUT2D eigenvalue weighted by atomic mass is 10.1. The van der Waals surface area contributed by atoms with Gasteiger partial charge in [-0.05, 0) is 44.0 Å². The van der Waals surface area contributed by atoms with E-state index in [2.05, 4.69) is 23.2 Å². The molecule has 3 N–H and O–H groups in total. The smallest absolute Gasteiger partial charge is 0.237 e. The summed E-state index contributed by atoms with van der Waals surface area (Å²) in [5.41, 5.74) is 7.74. The second-order valence-corrected chi connectivity index (χ2v) is 5.97. The van der Waals surface area contributed by atoms with Gasteiger partial charge in [0.1, 0.15) is 0 Å². The fraction of sp³-hybridized carbons (Fsp3) is 0.588. The molecular weight excluding hydrogens is 262 g/mol. The van der Waals surface area contributed by atoms with E-state index in [1.54, 1.807) is 0 Å². The average Bonchev–Trinajstić information content (AvgIpc) is 2.97. The molecule has 4 heteroatoms. The summed E-state index contributed by atoms with van der Waals surface area (Å²) in [6, 6.07) is 8.14. The molecule has 1 aromatic rings. The predicted octanol–water partition coefficient (Wildman–Crippen LogP) is 2.54. The molecule has 116 valence electrons. The van der Waals surface area contributed by atoms with E-state index in [1.165, 1.54) is 12.8 Å². The van der Waals surface area contributed by atoms with Crippen molar-refractivity contribution in [2.75, 3.05) is 12.3 Å². The standard InChI is InChI=1S/C17H27N3O/c1-3-20(12-14-7-6-8-15(18)11-14)13(2)17(21)19-16-9-4-5-10-16/h6-8,11,13,16H,3-5,9-10,12,18H2,1-2H3,(H,19,21). The van der Waals surface area contributed by atoms with Crippen LogP contribution >= 0.6 is 0 Å². The van der Waals surface area contributed by atoms with Crippen LogP contribution in [0, 0.1) is 0 Å². The summed E-state index contributed by atoms with van der Waals surface area (Å²) in [6.45, 7) is 5.67. The highest BCUT2D eigenvalue weighted by molar-refractivity contribution is 5.81. The molecule has 1 amide bonds. The van der Waals surface area contributed by atoms with Gasteiger partial charge in [0.2, 0.25) is 5.91 Å². The minimum Gasteiger partial charge on any atom is -0.399 e. The number of likely N-dealkylation sites (N-methyl/N-ethyl adjacent to an activating group) is 1. The number of nitrogens with zero attached hydrogens (tertiary/aromatic N) is 1. The Labute approximate surface area is 127 Å². The maximum atomic E-state index is 12.4. The van der Waals surface area contributed by atoms with Gasteiger partial charge in [0.25, 0.3) is 0 Å². The zero-order chi connectivity index (χ0) is 15.2. The zero-order valence-electron chi connectivity index (χ0n) is 13.1. The molecule has 21 heavy (non-hydrogen) atoms. The lowest BCUT2D eigenvalue weighted by Gasteiger charge is -2.28. The predicted molar refractivity (Wildman–Crippen MR) is 86.8 cm³/mol. The Kier molecular flexibility index (Phi) is 5.62. The number of nitrogens with one attached hydrogen (secondary N) is 1. The third-order valence-corrected chi connectivity index (χ3v) is 4.37. The maximum absolute atomic E-state index is 12.4. The van der Waals surface area contributed by atoms with E-state index in [4.69, 9.17) is 5.73 Å². The van der Waals surface area contributed by atoms with E-state index >= 15 is 0 Å². The van der Waals surface area contributed by atoms with Crippen LogP contribution < -0.4 is 11.1 Å². The SMILES string of the molecule is CCN(Cc1cccc(N)c1)C(C)C(=O)NC1CCCC1. The molecule has 1 atom stereocenters. The Morgan fingerprint density at radius 3 is 2.76 bits per heavy atom. The largest absolute Gasteiger partial charge is 0.399 e. The number of amides is 1. The highest BCUT2D eigenvalue weighted by Gasteiger charge is 2.24. The molecule has 1 fully saturated rings. The minimum atomic E-state index is -0.114. The van der Waals surface area contributed by atoms with Gasteiger partial charge in [0.05, 0.1) is 6.04 Å². The lowest BCUT2D eigenvalue weighted by molar-refractivity contribution is -0.126. The third-order valence-electron chi connectivity index (χ3n) is 4.37. The minimum absolute atomic E-state index is 0.114. The molecule has 0 heterocycles. The molecule has 1 aliphatic rings. The first-order valence-corrected chi connectivity index (χ1v) is 7.99. The number of rotatable bonds is 6. The molecule has 0 radical (unpaired) electrons. The van der Waals surface area contributed by atoms with Crippen LogP contribution in [0.2, 0.25) is 0 Å². The Bertz CT molecular complexity index is 469. The van der Waals surface area contributed by atoms with Gasteiger partial charge in [-0.15, -0.1) is 0 Å². The highest BCUT2D eigenvalue weighted by Crippen LogP contribution is 2.18. The van der Waals surface area contributed by atoms with Crippen LogP contribution in [0.25, 0.3) is 0 Å². The number of carbonyl (C=O) groups excluding carboxylic acids is 1. The van der Waals surface area contributed by atoms with Crippen molar-refractivity contribution in [3.05, 3.63) is 29.8 Å². The van der Waals surface area contributed by atoms with Crippen LogP contribution in [0.4, 0.5) is 5.69 Å². The van der Waals surface area contributed by atoms with Crippen molar-refractivity contribution in [3.8, 4) is 0 Å². The summed E-state index contributed by atoms with van der Waals surface area (Å²) in [5.74, 6) is 0.146. The first kappa shape index (κ1) is 15.8. The van der Waals surface area contributed by atoms with Crippen molar-refractivity contribution in [2.45, 2.75) is 58.2 Å². The van der Waals surface area contributed by atoms with Gasteiger partial charge in [-0.3, -0.25) is 9.69 Å². The van der Waals surface area contributed by atoms with Crippen LogP contribution in [-0.2, 0) is 11.3 Å². The maximum Gasteiger partial charge on any atom is 0.237 e. The van der Waals surface area contributed by atoms with Gasteiger partial charge in [0, 0.05) is 18.3 Å². The van der Waals surface area contributed by atoms with Gasteiger partial charge in [-0.1, -0.05) is 31.9 Å². The van der Waals surface area contributed by atoms with Crippen LogP contribution in [0.1, 0.15) is 45.1 Å². The number of hydrogen-bond acceptors (Lipinski definition) is 3. The van der Waals surface area contributed by atoms with Gasteiger partial charge in [-0.25, -0.2) is 0 Å². The molecule has 1 aliphatic carbocycles. The fourth-order valence-corrected chi connectivity index (χ4v) is 3.01. The normalized spacial score (nSPS) is 17.1. The van der Waals surface area contributed by atoms with Gasteiger partial charge >= 0.3 is 0 Å². The van der Waals surface area contributed by atoms with Gasteiger partial charge in [-0.2, -0.15) is 0 Å². The zero-order valence-corrected chi connectivity index (χ0v) is 13.1. The summed E-state index contributed by atoms with van der Waals surface area (Å²) in [6.07, 6.45) is 4.72. The lowest BCUT2D eigenvalue weighted by Crippen LogP contribution is -2.47. The molecule has 0 bridgehead atoms. The molecule has 4 nitrogen and oxygen atoms in total. The molecule has 0 aromatic heterocycles. The summed E-state index contributed by atoms with van der Waals surface area (Å²) < 4.78 is 0. The second kappa shape index (κ2) is 7.46. The Morgan fingerprint density at radius 1 is 1.43 bits per heavy atom. The van der Waals surface area contributed by atoms with Gasteiger partial charge in [0.15, 0.2) is 0 Å². The first-order valence-electron chi connectivity index (χ1n) is 7.99. The monoisotopic (exact) mass is 289 g/mol. The van der Waals surface area contributed by atoms with E-state index < -0.39 is 0 Å². The van der Waals surface area contributed by atoms with Crippen LogP contribution in [-0.4, -0.2) is 29.4 Å². The van der Waals surface area contributed by atoms with Crippen molar-refractivity contribution in [2.24, 2.45) is 0 Å². The molecule has 1 saturated carbocycles. The Balaban J connectivity index is 1.93. The average molecular weight is 289 g/mol. The quantitative estimate of drug-likeness (QED) is 0.791. The molecule has 2 rings (SSSR count). The number of anilines is 1. The summed E-state index contributed by atoms with van der Waals surface area (Å²) in [4.78, 5) is 14.6. The molecule has 1 aromatic carbocycles. The first-order chi connectivity index (χ1) is 10.1. The number of nitrogen functional groups attached to an aromatic ring is 1. The molecule has 0 saturated heterocycles. The van der Waals surface area contributed by atoms with Crippen LogP contribution in [0.3, 0.4) is 0 Å². The van der Waals surface area contributed by atoms with Crippen molar-refractivity contribution in [1.82, 2.24) is 10.2 Å². The Morgan fingerprint density at radius 2 is 2.14 bits per heavy atom. The molecule has 0 aliphatic heterocycles. The van der Waals surface area contributed by atoms with E-state index in [0.29, 0.717) is 6.04 Å². The summed E-state index contributed by atoms with van der Waals surface area (Å²) >= 11 is 0. The second-order valence-electron chi connectivity index (χ2n) is 5.97. The highest BCUT2D eigenvalue weighted by atomic mass is 16.2. The van der Waals surface area contributed by atoms with E-state index in [9.17, 15) is 4.79 Å². The summed E-state index contributed by atoms with van der Waals surface area (Å²) in [7, 11) is 0. The number of carbonyl (C=O) groups is 1. The van der Waals surface area contributed by atoms with Crippen LogP contribution in [0.15, 0.2) is 24.3 Å². The Hall–Kier alpha value is -1.55. The topological polar surface area (TPSA) is 58.4 Å². The van der Waals surface area contributed by atoms with E-state index in [0.717, 1.165) is 37.2 Å².